The highest BCUT2D eigenvalue weighted by molar-refractivity contribution is 5.84. The highest BCUT2D eigenvalue weighted by Gasteiger charge is 2.23. The molecular formula is C19H20N4O2. The molecule has 1 amide bonds. The number of pyridine rings is 1. The average Bonchev–Trinajstić information content (AvgIpc) is 3.35. The summed E-state index contributed by atoms with van der Waals surface area (Å²) in [6.07, 6.45) is 2.12. The largest absolute Gasteiger partial charge is 0.468 e. The molecule has 0 saturated heterocycles. The van der Waals surface area contributed by atoms with Gasteiger partial charge in [0.25, 0.3) is 5.91 Å². The summed E-state index contributed by atoms with van der Waals surface area (Å²) in [4.78, 5) is 16.4. The Hall–Kier alpha value is -2.89. The van der Waals surface area contributed by atoms with Crippen molar-refractivity contribution in [1.82, 2.24) is 20.1 Å². The molecule has 0 atom stereocenters. The SMILES string of the molecule is Cc1cc(OCC(=O)NC2CC2)nc2c1c(C)nn2-c1ccccc1. The maximum atomic E-state index is 11.8. The van der Waals surface area contributed by atoms with Crippen LogP contribution in [0.15, 0.2) is 36.4 Å². The van der Waals surface area contributed by atoms with Gasteiger partial charge in [0.1, 0.15) is 0 Å². The molecule has 0 unspecified atom stereocenters. The van der Waals surface area contributed by atoms with Gasteiger partial charge in [0.05, 0.1) is 11.4 Å². The number of aryl methyl sites for hydroxylation is 2. The van der Waals surface area contributed by atoms with Crippen molar-refractivity contribution in [2.24, 2.45) is 0 Å². The molecule has 25 heavy (non-hydrogen) atoms. The first-order valence-electron chi connectivity index (χ1n) is 8.46. The highest BCUT2D eigenvalue weighted by Crippen LogP contribution is 2.26. The van der Waals surface area contributed by atoms with E-state index in [1.165, 1.54) is 0 Å². The molecule has 128 valence electrons. The molecule has 4 rings (SSSR count). The van der Waals surface area contributed by atoms with Crippen LogP contribution in [-0.4, -0.2) is 33.3 Å². The monoisotopic (exact) mass is 336 g/mol. The van der Waals surface area contributed by atoms with Crippen LogP contribution in [0.2, 0.25) is 0 Å². The minimum absolute atomic E-state index is 0.0209. The number of benzene rings is 1. The van der Waals surface area contributed by atoms with Gasteiger partial charge in [0, 0.05) is 17.5 Å². The zero-order chi connectivity index (χ0) is 17.4. The Morgan fingerprint density at radius 2 is 2.04 bits per heavy atom. The van der Waals surface area contributed by atoms with Gasteiger partial charge in [0.15, 0.2) is 12.3 Å². The summed E-state index contributed by atoms with van der Waals surface area (Å²) < 4.78 is 7.44. The second kappa shape index (κ2) is 6.20. The molecule has 0 radical (unpaired) electrons. The number of nitrogens with one attached hydrogen (secondary N) is 1. The molecule has 1 aliphatic rings. The van der Waals surface area contributed by atoms with Crippen molar-refractivity contribution < 1.29 is 9.53 Å². The molecule has 0 spiro atoms. The van der Waals surface area contributed by atoms with Gasteiger partial charge in [-0.15, -0.1) is 0 Å². The molecule has 1 aromatic carbocycles. The number of hydrogen-bond acceptors (Lipinski definition) is 4. The van der Waals surface area contributed by atoms with E-state index in [0.29, 0.717) is 11.9 Å². The van der Waals surface area contributed by atoms with Crippen LogP contribution in [-0.2, 0) is 4.79 Å². The second-order valence-electron chi connectivity index (χ2n) is 6.44. The number of fused-ring (bicyclic) bond motifs is 1. The lowest BCUT2D eigenvalue weighted by molar-refractivity contribution is -0.123. The van der Waals surface area contributed by atoms with E-state index >= 15 is 0 Å². The third kappa shape index (κ3) is 3.20. The normalized spacial score (nSPS) is 13.8. The van der Waals surface area contributed by atoms with Crippen molar-refractivity contribution in [3.8, 4) is 11.6 Å². The highest BCUT2D eigenvalue weighted by atomic mass is 16.5. The van der Waals surface area contributed by atoms with E-state index in [2.05, 4.69) is 15.4 Å². The Morgan fingerprint density at radius 3 is 2.76 bits per heavy atom. The predicted octanol–water partition coefficient (Wildman–Crippen LogP) is 2.69. The van der Waals surface area contributed by atoms with Gasteiger partial charge in [-0.1, -0.05) is 18.2 Å². The van der Waals surface area contributed by atoms with Crippen LogP contribution in [0.4, 0.5) is 0 Å². The van der Waals surface area contributed by atoms with Gasteiger partial charge in [-0.05, 0) is 44.4 Å². The van der Waals surface area contributed by atoms with E-state index < -0.39 is 0 Å². The Labute approximate surface area is 145 Å². The van der Waals surface area contributed by atoms with Gasteiger partial charge in [-0.2, -0.15) is 10.1 Å². The molecule has 1 fully saturated rings. The van der Waals surface area contributed by atoms with Gasteiger partial charge in [0.2, 0.25) is 5.88 Å². The summed E-state index contributed by atoms with van der Waals surface area (Å²) in [5, 5.41) is 8.54. The van der Waals surface area contributed by atoms with Gasteiger partial charge < -0.3 is 10.1 Å². The van der Waals surface area contributed by atoms with E-state index in [1.54, 1.807) is 0 Å². The third-order valence-corrected chi connectivity index (χ3v) is 4.28. The Morgan fingerprint density at radius 1 is 1.28 bits per heavy atom. The lowest BCUT2D eigenvalue weighted by Gasteiger charge is -2.08. The number of carbonyl (C=O) groups excluding carboxylic acids is 1. The Kier molecular flexibility index (Phi) is 3.87. The van der Waals surface area contributed by atoms with Crippen molar-refractivity contribution in [1.29, 1.82) is 0 Å². The number of hydrogen-bond donors (Lipinski definition) is 1. The molecule has 6 nitrogen and oxygen atoms in total. The first kappa shape index (κ1) is 15.6. The summed E-state index contributed by atoms with van der Waals surface area (Å²) in [6.45, 7) is 3.96. The molecule has 3 aromatic rings. The van der Waals surface area contributed by atoms with E-state index in [0.717, 1.165) is 40.8 Å². The molecular weight excluding hydrogens is 316 g/mol. The van der Waals surface area contributed by atoms with Gasteiger partial charge >= 0.3 is 0 Å². The molecule has 2 aromatic heterocycles. The van der Waals surface area contributed by atoms with Crippen LogP contribution in [0.5, 0.6) is 5.88 Å². The second-order valence-corrected chi connectivity index (χ2v) is 6.44. The maximum absolute atomic E-state index is 11.8. The van der Waals surface area contributed by atoms with E-state index in [1.807, 2.05) is 54.9 Å². The van der Waals surface area contributed by atoms with E-state index in [4.69, 9.17) is 4.74 Å². The number of nitrogens with zero attached hydrogens (tertiary/aromatic N) is 3. The number of aromatic nitrogens is 3. The van der Waals surface area contributed by atoms with Gasteiger partial charge in [-0.25, -0.2) is 4.68 Å². The molecule has 1 aliphatic carbocycles. The van der Waals surface area contributed by atoms with Crippen LogP contribution >= 0.6 is 0 Å². The Bertz CT molecular complexity index is 929. The van der Waals surface area contributed by atoms with Crippen LogP contribution in [0.25, 0.3) is 16.7 Å². The summed E-state index contributed by atoms with van der Waals surface area (Å²) in [6, 6.07) is 12.1. The Balaban J connectivity index is 1.66. The molecule has 2 heterocycles. The predicted molar refractivity (Wildman–Crippen MR) is 95.0 cm³/mol. The molecule has 1 N–H and O–H groups in total. The molecule has 1 saturated carbocycles. The zero-order valence-corrected chi connectivity index (χ0v) is 14.3. The topological polar surface area (TPSA) is 69.0 Å². The average molecular weight is 336 g/mol. The fourth-order valence-corrected chi connectivity index (χ4v) is 2.93. The summed E-state index contributed by atoms with van der Waals surface area (Å²) >= 11 is 0. The lowest BCUT2D eigenvalue weighted by Crippen LogP contribution is -2.30. The minimum atomic E-state index is -0.102. The van der Waals surface area contributed by atoms with Crippen LogP contribution < -0.4 is 10.1 Å². The number of para-hydroxylation sites is 1. The number of amides is 1. The summed E-state index contributed by atoms with van der Waals surface area (Å²) in [7, 11) is 0. The summed E-state index contributed by atoms with van der Waals surface area (Å²) in [5.74, 6) is 0.336. The molecule has 6 heteroatoms. The van der Waals surface area contributed by atoms with Crippen LogP contribution in [0, 0.1) is 13.8 Å². The van der Waals surface area contributed by atoms with Crippen LogP contribution in [0.1, 0.15) is 24.1 Å². The van der Waals surface area contributed by atoms with E-state index in [-0.39, 0.29) is 12.5 Å². The third-order valence-electron chi connectivity index (χ3n) is 4.28. The smallest absolute Gasteiger partial charge is 0.258 e. The maximum Gasteiger partial charge on any atom is 0.258 e. The van der Waals surface area contributed by atoms with Crippen molar-refractivity contribution in [3.05, 3.63) is 47.7 Å². The van der Waals surface area contributed by atoms with Crippen molar-refractivity contribution in [3.63, 3.8) is 0 Å². The molecule has 0 aliphatic heterocycles. The molecule has 0 bridgehead atoms. The van der Waals surface area contributed by atoms with Crippen molar-refractivity contribution in [2.45, 2.75) is 32.7 Å². The fraction of sp³-hybridized carbons (Fsp3) is 0.316. The number of carbonyl (C=O) groups is 1. The van der Waals surface area contributed by atoms with Crippen molar-refractivity contribution in [2.75, 3.05) is 6.61 Å². The van der Waals surface area contributed by atoms with Gasteiger partial charge in [-0.3, -0.25) is 4.79 Å². The quantitative estimate of drug-likeness (QED) is 0.778. The van der Waals surface area contributed by atoms with Crippen molar-refractivity contribution >= 4 is 16.9 Å². The van der Waals surface area contributed by atoms with E-state index in [9.17, 15) is 4.79 Å². The zero-order valence-electron chi connectivity index (χ0n) is 14.3. The fourth-order valence-electron chi connectivity index (χ4n) is 2.93. The first-order valence-corrected chi connectivity index (χ1v) is 8.46. The first-order chi connectivity index (χ1) is 12.1. The standard InChI is InChI=1S/C19H20N4O2/c1-12-10-17(25-11-16(24)20-14-8-9-14)21-19-18(12)13(2)22-23(19)15-6-4-3-5-7-15/h3-7,10,14H,8-9,11H2,1-2H3,(H,20,24). The lowest BCUT2D eigenvalue weighted by atomic mass is 10.2. The summed E-state index contributed by atoms with van der Waals surface area (Å²) in [5.41, 5.74) is 3.63. The number of rotatable bonds is 5. The minimum Gasteiger partial charge on any atom is -0.468 e. The number of ether oxygens (including phenoxy) is 1. The van der Waals surface area contributed by atoms with Crippen LogP contribution in [0.3, 0.4) is 0 Å².